The van der Waals surface area contributed by atoms with Crippen molar-refractivity contribution in [1.29, 1.82) is 0 Å². The molecular formula is C14H27NO3. The minimum atomic E-state index is -0.480. The van der Waals surface area contributed by atoms with Gasteiger partial charge in [-0.1, -0.05) is 6.92 Å². The van der Waals surface area contributed by atoms with Crippen LogP contribution in [0.4, 0.5) is 4.79 Å². The van der Waals surface area contributed by atoms with E-state index in [1.807, 2.05) is 20.8 Å². The van der Waals surface area contributed by atoms with Gasteiger partial charge in [0.15, 0.2) is 0 Å². The number of carbonyl (C=O) groups excluding carboxylic acids is 1. The number of ether oxygens (including phenoxy) is 1. The van der Waals surface area contributed by atoms with Crippen molar-refractivity contribution in [2.45, 2.75) is 70.9 Å². The van der Waals surface area contributed by atoms with E-state index in [4.69, 9.17) is 4.74 Å². The lowest BCUT2D eigenvalue weighted by Crippen LogP contribution is -2.52. The van der Waals surface area contributed by atoms with Crippen LogP contribution in [-0.4, -0.2) is 28.9 Å². The first-order valence-electron chi connectivity index (χ1n) is 6.88. The van der Waals surface area contributed by atoms with Crippen molar-refractivity contribution in [2.24, 2.45) is 5.92 Å². The van der Waals surface area contributed by atoms with Gasteiger partial charge in [-0.05, 0) is 58.8 Å². The van der Waals surface area contributed by atoms with Crippen molar-refractivity contribution in [3.63, 3.8) is 0 Å². The number of alkyl carbamates (subject to hydrolysis) is 1. The molecule has 1 rings (SSSR count). The van der Waals surface area contributed by atoms with Crippen molar-refractivity contribution in [1.82, 2.24) is 5.32 Å². The Morgan fingerprint density at radius 2 is 1.94 bits per heavy atom. The van der Waals surface area contributed by atoms with Crippen LogP contribution in [0.15, 0.2) is 0 Å². The summed E-state index contributed by atoms with van der Waals surface area (Å²) >= 11 is 0. The summed E-state index contributed by atoms with van der Waals surface area (Å²) in [5.74, 6) is 0.706. The Labute approximate surface area is 110 Å². The molecule has 1 aliphatic rings. The van der Waals surface area contributed by atoms with Gasteiger partial charge >= 0.3 is 6.09 Å². The third-order valence-corrected chi connectivity index (χ3v) is 3.59. The van der Waals surface area contributed by atoms with Crippen LogP contribution in [-0.2, 0) is 4.74 Å². The van der Waals surface area contributed by atoms with Gasteiger partial charge in [0.25, 0.3) is 0 Å². The molecule has 1 saturated carbocycles. The van der Waals surface area contributed by atoms with E-state index in [9.17, 15) is 9.90 Å². The Morgan fingerprint density at radius 3 is 2.39 bits per heavy atom. The zero-order valence-corrected chi connectivity index (χ0v) is 12.1. The molecule has 0 radical (unpaired) electrons. The first-order chi connectivity index (χ1) is 8.26. The number of aliphatic hydroxyl groups excluding tert-OH is 1. The molecule has 0 aliphatic heterocycles. The molecule has 0 heterocycles. The molecule has 0 atom stereocenters. The Balaban J connectivity index is 2.60. The second-order valence-electron chi connectivity index (χ2n) is 6.56. The summed E-state index contributed by atoms with van der Waals surface area (Å²) < 4.78 is 5.31. The van der Waals surface area contributed by atoms with Gasteiger partial charge < -0.3 is 15.2 Å². The predicted molar refractivity (Wildman–Crippen MR) is 71.4 cm³/mol. The number of hydrogen-bond donors (Lipinski definition) is 2. The largest absolute Gasteiger partial charge is 0.444 e. The van der Waals surface area contributed by atoms with Crippen molar-refractivity contribution in [3.8, 4) is 0 Å². The highest BCUT2D eigenvalue weighted by Crippen LogP contribution is 2.34. The number of aliphatic hydroxyl groups is 1. The zero-order chi connectivity index (χ0) is 13.8. The highest BCUT2D eigenvalue weighted by molar-refractivity contribution is 5.68. The molecule has 2 N–H and O–H groups in total. The highest BCUT2D eigenvalue weighted by atomic mass is 16.6. The van der Waals surface area contributed by atoms with E-state index in [-0.39, 0.29) is 18.2 Å². The second-order valence-corrected chi connectivity index (χ2v) is 6.56. The van der Waals surface area contributed by atoms with Crippen LogP contribution in [0, 0.1) is 5.92 Å². The number of nitrogens with one attached hydrogen (secondary N) is 1. The van der Waals surface area contributed by atoms with Gasteiger partial charge in [-0.2, -0.15) is 0 Å². The minimum absolute atomic E-state index is 0.101. The topological polar surface area (TPSA) is 58.6 Å². The zero-order valence-electron chi connectivity index (χ0n) is 12.1. The summed E-state index contributed by atoms with van der Waals surface area (Å²) in [5, 5.41) is 12.2. The SMILES string of the molecule is CC(C)(C)OC(=O)N[C@]1(CCO)CC[C@@H](C)CC1. The van der Waals surface area contributed by atoms with Crippen LogP contribution in [0.5, 0.6) is 0 Å². The van der Waals surface area contributed by atoms with E-state index in [0.717, 1.165) is 25.7 Å². The first-order valence-corrected chi connectivity index (χ1v) is 6.88. The molecule has 0 aromatic rings. The summed E-state index contributed by atoms with van der Waals surface area (Å²) in [6.07, 6.45) is 4.28. The van der Waals surface area contributed by atoms with Gasteiger partial charge in [-0.15, -0.1) is 0 Å². The number of hydrogen-bond acceptors (Lipinski definition) is 3. The van der Waals surface area contributed by atoms with Crippen molar-refractivity contribution >= 4 is 6.09 Å². The van der Waals surface area contributed by atoms with Crippen LogP contribution in [0.3, 0.4) is 0 Å². The Kier molecular flexibility index (Phi) is 5.02. The summed E-state index contributed by atoms with van der Waals surface area (Å²) in [6.45, 7) is 7.90. The minimum Gasteiger partial charge on any atom is -0.444 e. The molecule has 106 valence electrons. The van der Waals surface area contributed by atoms with E-state index >= 15 is 0 Å². The molecule has 0 aromatic heterocycles. The molecule has 4 nitrogen and oxygen atoms in total. The molecule has 4 heteroatoms. The smallest absolute Gasteiger partial charge is 0.408 e. The Morgan fingerprint density at radius 1 is 1.39 bits per heavy atom. The van der Waals surface area contributed by atoms with E-state index in [1.165, 1.54) is 0 Å². The van der Waals surface area contributed by atoms with Gasteiger partial charge in [0.1, 0.15) is 5.60 Å². The van der Waals surface area contributed by atoms with E-state index in [2.05, 4.69) is 12.2 Å². The van der Waals surface area contributed by atoms with Crippen LogP contribution in [0.25, 0.3) is 0 Å². The summed E-state index contributed by atoms with van der Waals surface area (Å²) in [4.78, 5) is 11.9. The molecule has 1 fully saturated rings. The third kappa shape index (κ3) is 4.84. The fourth-order valence-electron chi connectivity index (χ4n) is 2.49. The molecule has 1 amide bonds. The maximum Gasteiger partial charge on any atom is 0.408 e. The monoisotopic (exact) mass is 257 g/mol. The number of amides is 1. The van der Waals surface area contributed by atoms with Crippen LogP contribution in [0.1, 0.15) is 59.8 Å². The summed E-state index contributed by atoms with van der Waals surface area (Å²) in [6, 6.07) is 0. The van der Waals surface area contributed by atoms with Crippen molar-refractivity contribution in [2.75, 3.05) is 6.61 Å². The van der Waals surface area contributed by atoms with E-state index in [0.29, 0.717) is 12.3 Å². The molecular weight excluding hydrogens is 230 g/mol. The summed E-state index contributed by atoms with van der Waals surface area (Å²) in [5.41, 5.74) is -0.754. The maximum absolute atomic E-state index is 11.9. The quantitative estimate of drug-likeness (QED) is 0.817. The molecule has 0 aromatic carbocycles. The Hall–Kier alpha value is -0.770. The second kappa shape index (κ2) is 5.91. The first kappa shape index (κ1) is 15.3. The standard InChI is InChI=1S/C14H27NO3/c1-11-5-7-14(8-6-11,9-10-16)15-12(17)18-13(2,3)4/h11,16H,5-10H2,1-4H3,(H,15,17)/t11-,14-. The van der Waals surface area contributed by atoms with Crippen molar-refractivity contribution < 1.29 is 14.6 Å². The number of carbonyl (C=O) groups is 1. The van der Waals surface area contributed by atoms with E-state index in [1.54, 1.807) is 0 Å². The average Bonchev–Trinajstić information content (AvgIpc) is 2.20. The summed E-state index contributed by atoms with van der Waals surface area (Å²) in [7, 11) is 0. The Bertz CT molecular complexity index is 275. The average molecular weight is 257 g/mol. The van der Waals surface area contributed by atoms with Gasteiger partial charge in [0, 0.05) is 12.1 Å². The molecule has 0 spiro atoms. The van der Waals surface area contributed by atoms with E-state index < -0.39 is 5.60 Å². The lowest BCUT2D eigenvalue weighted by Gasteiger charge is -2.40. The molecule has 1 aliphatic carbocycles. The van der Waals surface area contributed by atoms with Gasteiger partial charge in [-0.25, -0.2) is 4.79 Å². The van der Waals surface area contributed by atoms with Crippen LogP contribution in [0.2, 0.25) is 0 Å². The third-order valence-electron chi connectivity index (χ3n) is 3.59. The van der Waals surface area contributed by atoms with Crippen LogP contribution < -0.4 is 5.32 Å². The predicted octanol–water partition coefficient (Wildman–Crippen LogP) is 2.84. The maximum atomic E-state index is 11.9. The normalized spacial score (nSPS) is 28.8. The fourth-order valence-corrected chi connectivity index (χ4v) is 2.49. The highest BCUT2D eigenvalue weighted by Gasteiger charge is 2.36. The van der Waals surface area contributed by atoms with Crippen molar-refractivity contribution in [3.05, 3.63) is 0 Å². The molecule has 0 unspecified atom stereocenters. The fraction of sp³-hybridized carbons (Fsp3) is 0.929. The molecule has 0 saturated heterocycles. The lowest BCUT2D eigenvalue weighted by atomic mass is 9.75. The molecule has 18 heavy (non-hydrogen) atoms. The lowest BCUT2D eigenvalue weighted by molar-refractivity contribution is 0.0381. The van der Waals surface area contributed by atoms with Gasteiger partial charge in [0.05, 0.1) is 0 Å². The van der Waals surface area contributed by atoms with Gasteiger partial charge in [0.2, 0.25) is 0 Å². The number of rotatable bonds is 3. The van der Waals surface area contributed by atoms with Crippen LogP contribution >= 0.6 is 0 Å². The van der Waals surface area contributed by atoms with Gasteiger partial charge in [-0.3, -0.25) is 0 Å². The molecule has 0 bridgehead atoms.